The summed E-state index contributed by atoms with van der Waals surface area (Å²) in [4.78, 5) is 6.40. The Morgan fingerprint density at radius 2 is 1.93 bits per heavy atom. The number of ether oxygens (including phenoxy) is 2. The van der Waals surface area contributed by atoms with Crippen LogP contribution in [0.4, 0.5) is 0 Å². The summed E-state index contributed by atoms with van der Waals surface area (Å²) in [6.45, 7) is 7.42. The number of halogens is 2. The van der Waals surface area contributed by atoms with Crippen LogP contribution in [-0.2, 0) is 4.74 Å². The number of benzene rings is 1. The van der Waals surface area contributed by atoms with E-state index in [1.165, 1.54) is 0 Å². The molecule has 1 aromatic carbocycles. The van der Waals surface area contributed by atoms with E-state index in [1.807, 2.05) is 38.1 Å². The maximum absolute atomic E-state index is 10.5. The Bertz CT molecular complexity index is 778. The SMILES string of the molecule is CC1CN(C(c2cccc(Oc3nccc(Cl)c3Cl)c2)C(C)O)CC(C)O1. The molecule has 0 saturated carbocycles. The Labute approximate surface area is 169 Å². The Kier molecular flexibility index (Phi) is 6.61. The Morgan fingerprint density at radius 3 is 2.59 bits per heavy atom. The smallest absolute Gasteiger partial charge is 0.239 e. The van der Waals surface area contributed by atoms with Gasteiger partial charge in [0.05, 0.1) is 29.4 Å². The number of morpholine rings is 1. The lowest BCUT2D eigenvalue weighted by Crippen LogP contribution is -2.49. The van der Waals surface area contributed by atoms with Crippen LogP contribution >= 0.6 is 23.2 Å². The van der Waals surface area contributed by atoms with Crippen molar-refractivity contribution in [2.24, 2.45) is 0 Å². The lowest BCUT2D eigenvalue weighted by atomic mass is 9.98. The standard InChI is InChI=1S/C20H24Cl2N2O3/c1-12-10-24(11-13(2)26-12)19(14(3)25)15-5-4-6-16(9-15)27-20-18(22)17(21)7-8-23-20/h4-9,12-14,19,25H,10-11H2,1-3H3. The first-order valence-corrected chi connectivity index (χ1v) is 9.76. The molecule has 4 unspecified atom stereocenters. The van der Waals surface area contributed by atoms with Gasteiger partial charge >= 0.3 is 0 Å². The van der Waals surface area contributed by atoms with E-state index in [0.29, 0.717) is 10.8 Å². The quantitative estimate of drug-likeness (QED) is 0.772. The molecule has 0 bridgehead atoms. The Hall–Kier alpha value is -1.37. The molecule has 0 aliphatic carbocycles. The van der Waals surface area contributed by atoms with Crippen molar-refractivity contribution in [1.29, 1.82) is 0 Å². The number of aromatic nitrogens is 1. The molecule has 1 aromatic heterocycles. The summed E-state index contributed by atoms with van der Waals surface area (Å²) in [6, 6.07) is 9.06. The van der Waals surface area contributed by atoms with Crippen molar-refractivity contribution in [3.05, 3.63) is 52.1 Å². The first-order chi connectivity index (χ1) is 12.8. The molecule has 2 heterocycles. The fourth-order valence-corrected chi connectivity index (χ4v) is 3.87. The van der Waals surface area contributed by atoms with Gasteiger partial charge < -0.3 is 14.6 Å². The van der Waals surface area contributed by atoms with Gasteiger partial charge in [0.2, 0.25) is 5.88 Å². The van der Waals surface area contributed by atoms with Crippen molar-refractivity contribution in [2.45, 2.75) is 45.1 Å². The summed E-state index contributed by atoms with van der Waals surface area (Å²) < 4.78 is 11.7. The number of aliphatic hydroxyl groups excluding tert-OH is 1. The number of hydrogen-bond acceptors (Lipinski definition) is 5. The second-order valence-electron chi connectivity index (χ2n) is 6.98. The maximum atomic E-state index is 10.5. The van der Waals surface area contributed by atoms with Gasteiger partial charge in [0, 0.05) is 19.3 Å². The predicted molar refractivity (Wildman–Crippen MR) is 107 cm³/mol. The minimum absolute atomic E-state index is 0.115. The normalized spacial score (nSPS) is 23.0. The van der Waals surface area contributed by atoms with Crippen molar-refractivity contribution < 1.29 is 14.6 Å². The molecule has 3 rings (SSSR count). The van der Waals surface area contributed by atoms with Crippen molar-refractivity contribution >= 4 is 23.2 Å². The molecular formula is C20H24Cl2N2O3. The van der Waals surface area contributed by atoms with E-state index in [2.05, 4.69) is 9.88 Å². The van der Waals surface area contributed by atoms with Crippen LogP contribution in [0.1, 0.15) is 32.4 Å². The first-order valence-electron chi connectivity index (χ1n) is 9.00. The van der Waals surface area contributed by atoms with Crippen molar-refractivity contribution in [3.63, 3.8) is 0 Å². The highest BCUT2D eigenvalue weighted by Gasteiger charge is 2.31. The van der Waals surface area contributed by atoms with Crippen molar-refractivity contribution in [2.75, 3.05) is 13.1 Å². The largest absolute Gasteiger partial charge is 0.437 e. The van der Waals surface area contributed by atoms with Crippen LogP contribution in [0, 0.1) is 0 Å². The first kappa shape index (κ1) is 20.4. The zero-order chi connectivity index (χ0) is 19.6. The summed E-state index contributed by atoms with van der Waals surface area (Å²) in [7, 11) is 0. The Balaban J connectivity index is 1.86. The topological polar surface area (TPSA) is 54.8 Å². The minimum atomic E-state index is -0.550. The van der Waals surface area contributed by atoms with Crippen LogP contribution < -0.4 is 4.74 Å². The van der Waals surface area contributed by atoms with Gasteiger partial charge in [-0.2, -0.15) is 0 Å². The number of pyridine rings is 1. The van der Waals surface area contributed by atoms with Gasteiger partial charge in [-0.1, -0.05) is 35.3 Å². The molecule has 1 N–H and O–H groups in total. The zero-order valence-electron chi connectivity index (χ0n) is 15.6. The number of nitrogens with zero attached hydrogens (tertiary/aromatic N) is 2. The third kappa shape index (κ3) is 4.92. The molecule has 5 nitrogen and oxygen atoms in total. The average molecular weight is 411 g/mol. The molecule has 27 heavy (non-hydrogen) atoms. The predicted octanol–water partition coefficient (Wildman–Crippen LogP) is 4.71. The highest BCUT2D eigenvalue weighted by atomic mass is 35.5. The molecule has 146 valence electrons. The molecule has 1 aliphatic rings. The van der Waals surface area contributed by atoms with E-state index < -0.39 is 6.10 Å². The van der Waals surface area contributed by atoms with Crippen molar-refractivity contribution in [3.8, 4) is 11.6 Å². The van der Waals surface area contributed by atoms with Crippen LogP contribution in [-0.4, -0.2) is 46.4 Å². The highest BCUT2D eigenvalue weighted by Crippen LogP contribution is 2.35. The van der Waals surface area contributed by atoms with Gasteiger partial charge in [-0.3, -0.25) is 4.90 Å². The lowest BCUT2D eigenvalue weighted by molar-refractivity contribution is -0.0948. The van der Waals surface area contributed by atoms with Gasteiger partial charge in [0.1, 0.15) is 10.8 Å². The van der Waals surface area contributed by atoms with Crippen LogP contribution in [0.25, 0.3) is 0 Å². The number of rotatable bonds is 5. The highest BCUT2D eigenvalue weighted by molar-refractivity contribution is 6.42. The van der Waals surface area contributed by atoms with Crippen LogP contribution in [0.2, 0.25) is 10.0 Å². The van der Waals surface area contributed by atoms with Crippen LogP contribution in [0.15, 0.2) is 36.5 Å². The fraction of sp³-hybridized carbons (Fsp3) is 0.450. The molecule has 0 spiro atoms. The summed E-state index contributed by atoms with van der Waals surface area (Å²) in [5.41, 5.74) is 0.960. The third-order valence-corrected chi connectivity index (χ3v) is 5.30. The van der Waals surface area contributed by atoms with Gasteiger partial charge in [-0.05, 0) is 44.5 Å². The minimum Gasteiger partial charge on any atom is -0.437 e. The lowest BCUT2D eigenvalue weighted by Gasteiger charge is -2.41. The monoisotopic (exact) mass is 410 g/mol. The molecule has 7 heteroatoms. The maximum Gasteiger partial charge on any atom is 0.239 e. The number of hydrogen-bond donors (Lipinski definition) is 1. The van der Waals surface area contributed by atoms with Crippen LogP contribution in [0.3, 0.4) is 0 Å². The third-order valence-electron chi connectivity index (χ3n) is 4.52. The molecule has 2 aromatic rings. The summed E-state index contributed by atoms with van der Waals surface area (Å²) in [5.74, 6) is 0.840. The van der Waals surface area contributed by atoms with E-state index in [-0.39, 0.29) is 29.2 Å². The van der Waals surface area contributed by atoms with E-state index in [0.717, 1.165) is 18.7 Å². The van der Waals surface area contributed by atoms with Gasteiger partial charge in [-0.15, -0.1) is 0 Å². The molecule has 4 atom stereocenters. The van der Waals surface area contributed by atoms with Gasteiger partial charge in [0.25, 0.3) is 0 Å². The second-order valence-corrected chi connectivity index (χ2v) is 7.77. The average Bonchev–Trinajstić information content (AvgIpc) is 2.58. The molecule has 0 amide bonds. The van der Waals surface area contributed by atoms with Gasteiger partial charge in [0.15, 0.2) is 0 Å². The summed E-state index contributed by atoms with van der Waals surface area (Å²) in [5, 5.41) is 11.1. The molecule has 1 aliphatic heterocycles. The molecule has 0 radical (unpaired) electrons. The fourth-order valence-electron chi connectivity index (χ4n) is 3.59. The van der Waals surface area contributed by atoms with E-state index in [4.69, 9.17) is 32.7 Å². The van der Waals surface area contributed by atoms with Crippen LogP contribution in [0.5, 0.6) is 11.6 Å². The second kappa shape index (κ2) is 8.76. The number of aliphatic hydroxyl groups is 1. The zero-order valence-corrected chi connectivity index (χ0v) is 17.1. The summed E-state index contributed by atoms with van der Waals surface area (Å²) >= 11 is 12.2. The van der Waals surface area contributed by atoms with E-state index in [1.54, 1.807) is 19.2 Å². The summed E-state index contributed by atoms with van der Waals surface area (Å²) in [6.07, 6.45) is 1.22. The molecular weight excluding hydrogens is 387 g/mol. The van der Waals surface area contributed by atoms with E-state index in [9.17, 15) is 5.11 Å². The Morgan fingerprint density at radius 1 is 1.22 bits per heavy atom. The van der Waals surface area contributed by atoms with Crippen molar-refractivity contribution in [1.82, 2.24) is 9.88 Å². The van der Waals surface area contributed by atoms with Gasteiger partial charge in [-0.25, -0.2) is 4.98 Å². The molecule has 1 fully saturated rings. The van der Waals surface area contributed by atoms with E-state index >= 15 is 0 Å². The molecule has 1 saturated heterocycles.